The minimum absolute atomic E-state index is 0.229. The van der Waals surface area contributed by atoms with Gasteiger partial charge in [0, 0.05) is 28.9 Å². The number of carboxylic acid groups (broad SMARTS) is 1. The summed E-state index contributed by atoms with van der Waals surface area (Å²) in [6.07, 6.45) is 0. The fourth-order valence-electron chi connectivity index (χ4n) is 3.99. The lowest BCUT2D eigenvalue weighted by Crippen LogP contribution is -2.12. The van der Waals surface area contributed by atoms with E-state index in [4.69, 9.17) is 0 Å². The summed E-state index contributed by atoms with van der Waals surface area (Å²) in [5.74, 6) is -0.951. The highest BCUT2D eigenvalue weighted by Crippen LogP contribution is 2.37. The summed E-state index contributed by atoms with van der Waals surface area (Å²) in [5, 5.41) is 14.1. The van der Waals surface area contributed by atoms with Crippen molar-refractivity contribution in [2.75, 3.05) is 0 Å². The van der Waals surface area contributed by atoms with Crippen LogP contribution < -0.4 is 5.32 Å². The van der Waals surface area contributed by atoms with E-state index in [1.165, 1.54) is 28.5 Å². The van der Waals surface area contributed by atoms with Crippen LogP contribution in [0.4, 0.5) is 0 Å². The Morgan fingerprint density at radius 2 is 1.38 bits per heavy atom. The summed E-state index contributed by atoms with van der Waals surface area (Å²) >= 11 is 1.47. The molecule has 0 aliphatic carbocycles. The zero-order chi connectivity index (χ0) is 23.3. The first-order chi connectivity index (χ1) is 16.7. The molecule has 168 valence electrons. The Bertz CT molecular complexity index is 1410. The summed E-state index contributed by atoms with van der Waals surface area (Å²) < 4.78 is 0. The number of fused-ring (bicyclic) bond motifs is 1. The summed E-state index contributed by atoms with van der Waals surface area (Å²) in [6.45, 7) is 1.45. The monoisotopic (exact) mass is 464 g/mol. The second kappa shape index (κ2) is 10.00. The van der Waals surface area contributed by atoms with Crippen LogP contribution >= 0.6 is 11.8 Å². The highest BCUT2D eigenvalue weighted by atomic mass is 32.2. The van der Waals surface area contributed by atoms with Crippen molar-refractivity contribution in [1.29, 1.82) is 0 Å². The molecular formula is C29H24N2O2S. The quantitative estimate of drug-likeness (QED) is 0.232. The molecule has 1 heterocycles. The minimum atomic E-state index is -0.951. The second-order valence-corrected chi connectivity index (χ2v) is 9.18. The van der Waals surface area contributed by atoms with E-state index in [1.54, 1.807) is 0 Å². The number of carboxylic acids is 1. The molecule has 0 aliphatic heterocycles. The largest absolute Gasteiger partial charge is 0.477 e. The van der Waals surface area contributed by atoms with Crippen LogP contribution in [0.1, 0.15) is 21.6 Å². The Morgan fingerprint density at radius 3 is 2.09 bits per heavy atom. The fraction of sp³-hybridized carbons (Fsp3) is 0.0690. The number of rotatable bonds is 8. The van der Waals surface area contributed by atoms with E-state index in [1.807, 2.05) is 48.5 Å². The number of nitrogens with one attached hydrogen (secondary N) is 2. The molecule has 4 nitrogen and oxygen atoms in total. The Balaban J connectivity index is 1.28. The van der Waals surface area contributed by atoms with Crippen molar-refractivity contribution in [1.82, 2.24) is 10.3 Å². The lowest BCUT2D eigenvalue weighted by atomic mass is 10.0. The van der Waals surface area contributed by atoms with E-state index in [0.29, 0.717) is 6.54 Å². The highest BCUT2D eigenvalue weighted by Gasteiger charge is 2.18. The maximum Gasteiger partial charge on any atom is 0.353 e. The van der Waals surface area contributed by atoms with Crippen LogP contribution in [-0.4, -0.2) is 16.1 Å². The molecule has 0 radical (unpaired) electrons. The summed E-state index contributed by atoms with van der Waals surface area (Å²) in [5.41, 5.74) is 5.81. The third kappa shape index (κ3) is 4.91. The van der Waals surface area contributed by atoms with Gasteiger partial charge in [0.15, 0.2) is 0 Å². The molecule has 4 aromatic carbocycles. The van der Waals surface area contributed by atoms with Crippen LogP contribution in [0.5, 0.6) is 0 Å². The molecule has 0 bridgehead atoms. The number of carbonyl (C=O) groups is 1. The van der Waals surface area contributed by atoms with Gasteiger partial charge in [0.2, 0.25) is 0 Å². The first-order valence-corrected chi connectivity index (χ1v) is 11.9. The van der Waals surface area contributed by atoms with Crippen LogP contribution in [0.2, 0.25) is 0 Å². The second-order valence-electron chi connectivity index (χ2n) is 8.10. The molecule has 5 aromatic rings. The number of hydrogen-bond acceptors (Lipinski definition) is 3. The van der Waals surface area contributed by atoms with Gasteiger partial charge >= 0.3 is 5.97 Å². The lowest BCUT2D eigenvalue weighted by molar-refractivity contribution is 0.0688. The molecule has 5 rings (SSSR count). The predicted molar refractivity (Wildman–Crippen MR) is 138 cm³/mol. The SMILES string of the molecule is O=C(O)c1[nH]c2cc(CNCc3ccc(-c4ccccc4)cc3)ccc2c1Sc1ccccc1. The van der Waals surface area contributed by atoms with Gasteiger partial charge in [0.25, 0.3) is 0 Å². The predicted octanol–water partition coefficient (Wildman–Crippen LogP) is 6.97. The third-order valence-electron chi connectivity index (χ3n) is 5.71. The number of aromatic carboxylic acids is 1. The number of benzene rings is 4. The van der Waals surface area contributed by atoms with E-state index in [-0.39, 0.29) is 5.69 Å². The molecule has 0 unspecified atom stereocenters. The highest BCUT2D eigenvalue weighted by molar-refractivity contribution is 7.99. The van der Waals surface area contributed by atoms with Crippen LogP contribution in [-0.2, 0) is 13.1 Å². The maximum atomic E-state index is 11.9. The van der Waals surface area contributed by atoms with E-state index < -0.39 is 5.97 Å². The van der Waals surface area contributed by atoms with Crippen molar-refractivity contribution in [3.63, 3.8) is 0 Å². The zero-order valence-electron chi connectivity index (χ0n) is 18.5. The summed E-state index contributed by atoms with van der Waals surface area (Å²) in [6, 6.07) is 34.9. The van der Waals surface area contributed by atoms with Gasteiger partial charge in [-0.05, 0) is 40.5 Å². The van der Waals surface area contributed by atoms with Crippen molar-refractivity contribution >= 4 is 28.6 Å². The van der Waals surface area contributed by atoms with E-state index >= 15 is 0 Å². The van der Waals surface area contributed by atoms with Gasteiger partial charge < -0.3 is 15.4 Å². The Kier molecular flexibility index (Phi) is 6.47. The number of aromatic nitrogens is 1. The summed E-state index contributed by atoms with van der Waals surface area (Å²) in [7, 11) is 0. The molecule has 0 amide bonds. The molecule has 0 fully saturated rings. The van der Waals surface area contributed by atoms with Crippen LogP contribution in [0.25, 0.3) is 22.0 Å². The molecule has 5 heteroatoms. The molecule has 0 aliphatic rings. The average molecular weight is 465 g/mol. The molecule has 1 aromatic heterocycles. The Hall–Kier alpha value is -3.80. The smallest absolute Gasteiger partial charge is 0.353 e. The van der Waals surface area contributed by atoms with Gasteiger partial charge in [0.05, 0.1) is 4.90 Å². The molecular weight excluding hydrogens is 440 g/mol. The molecule has 0 saturated heterocycles. The first-order valence-electron chi connectivity index (χ1n) is 11.1. The molecule has 3 N–H and O–H groups in total. The van der Waals surface area contributed by atoms with Gasteiger partial charge in [-0.15, -0.1) is 0 Å². The molecule has 0 spiro atoms. The van der Waals surface area contributed by atoms with Gasteiger partial charge in [0.1, 0.15) is 5.69 Å². The van der Waals surface area contributed by atoms with Crippen LogP contribution in [0, 0.1) is 0 Å². The lowest BCUT2D eigenvalue weighted by Gasteiger charge is -2.07. The molecule has 34 heavy (non-hydrogen) atoms. The van der Waals surface area contributed by atoms with Crippen molar-refractivity contribution in [2.45, 2.75) is 22.9 Å². The third-order valence-corrected chi connectivity index (χ3v) is 6.85. The van der Waals surface area contributed by atoms with Gasteiger partial charge in [-0.2, -0.15) is 0 Å². The van der Waals surface area contributed by atoms with E-state index in [0.717, 1.165) is 32.8 Å². The number of H-pyrrole nitrogens is 1. The average Bonchev–Trinajstić information content (AvgIpc) is 3.23. The van der Waals surface area contributed by atoms with Gasteiger partial charge in [-0.25, -0.2) is 4.79 Å². The topological polar surface area (TPSA) is 65.1 Å². The standard InChI is InChI=1S/C29H24N2O2S/c32-29(33)27-28(34-24-9-5-2-6-10-24)25-16-13-21(17-26(25)31-27)19-30-18-20-11-14-23(15-12-20)22-7-3-1-4-8-22/h1-17,30-31H,18-19H2,(H,32,33). The fourth-order valence-corrected chi connectivity index (χ4v) is 5.05. The molecule has 0 saturated carbocycles. The van der Waals surface area contributed by atoms with Crippen molar-refractivity contribution in [3.8, 4) is 11.1 Å². The zero-order valence-corrected chi connectivity index (χ0v) is 19.3. The van der Waals surface area contributed by atoms with Crippen molar-refractivity contribution in [3.05, 3.63) is 120 Å². The van der Waals surface area contributed by atoms with Crippen molar-refractivity contribution < 1.29 is 9.90 Å². The van der Waals surface area contributed by atoms with Gasteiger partial charge in [-0.3, -0.25) is 0 Å². The van der Waals surface area contributed by atoms with Gasteiger partial charge in [-0.1, -0.05) is 96.7 Å². The summed E-state index contributed by atoms with van der Waals surface area (Å²) in [4.78, 5) is 16.7. The van der Waals surface area contributed by atoms with Crippen molar-refractivity contribution in [2.24, 2.45) is 0 Å². The number of aromatic amines is 1. The van der Waals surface area contributed by atoms with Crippen LogP contribution in [0.3, 0.4) is 0 Å². The van der Waals surface area contributed by atoms with E-state index in [9.17, 15) is 9.90 Å². The molecule has 0 atom stereocenters. The van der Waals surface area contributed by atoms with Crippen LogP contribution in [0.15, 0.2) is 113 Å². The van der Waals surface area contributed by atoms with E-state index in [2.05, 4.69) is 64.9 Å². The number of hydrogen-bond donors (Lipinski definition) is 3. The Morgan fingerprint density at radius 1 is 0.765 bits per heavy atom. The minimum Gasteiger partial charge on any atom is -0.477 e. The first kappa shape index (κ1) is 22.0. The maximum absolute atomic E-state index is 11.9. The normalized spacial score (nSPS) is 11.1. The Labute approximate surface area is 202 Å².